The van der Waals surface area contributed by atoms with Crippen LogP contribution in [0.1, 0.15) is 28.8 Å². The summed E-state index contributed by atoms with van der Waals surface area (Å²) in [6.45, 7) is 1.01. The number of hydrogen-bond donors (Lipinski definition) is 1. The van der Waals surface area contributed by atoms with Crippen LogP contribution in [0.3, 0.4) is 0 Å². The number of carbonyl (C=O) groups excluding carboxylic acids is 2. The van der Waals surface area contributed by atoms with Crippen LogP contribution >= 0.6 is 11.6 Å². The first-order valence-electron chi connectivity index (χ1n) is 7.88. The normalized spacial score (nSPS) is 16.9. The molecule has 5 nitrogen and oxygen atoms in total. The molecule has 1 N–H and O–H groups in total. The number of benzene rings is 1. The van der Waals surface area contributed by atoms with Gasteiger partial charge in [-0.2, -0.15) is 0 Å². The molecule has 2 heterocycles. The molecule has 6 heteroatoms. The lowest BCUT2D eigenvalue weighted by molar-refractivity contribution is -0.125. The third kappa shape index (κ3) is 3.74. The first-order chi connectivity index (χ1) is 11.6. The third-order valence-electron chi connectivity index (χ3n) is 4.10. The standard InChI is InChI=1S/C18H18ClN3O2/c19-15-7-5-13(6-8-15)11-21-17(23)16-4-2-10-22(16)18(24)14-3-1-9-20-12-14/h1,3,5-9,12,16H,2,4,10-11H2,(H,21,23). The van der Waals surface area contributed by atoms with Crippen molar-refractivity contribution in [1.82, 2.24) is 15.2 Å². The number of nitrogens with one attached hydrogen (secondary N) is 1. The molecule has 24 heavy (non-hydrogen) atoms. The van der Waals surface area contributed by atoms with Crippen molar-refractivity contribution >= 4 is 23.4 Å². The van der Waals surface area contributed by atoms with Crippen molar-refractivity contribution in [3.63, 3.8) is 0 Å². The summed E-state index contributed by atoms with van der Waals surface area (Å²) in [5, 5.41) is 3.57. The maximum atomic E-state index is 12.6. The minimum atomic E-state index is -0.426. The molecule has 3 rings (SSSR count). The first kappa shape index (κ1) is 16.5. The maximum Gasteiger partial charge on any atom is 0.256 e. The van der Waals surface area contributed by atoms with Crippen LogP contribution in [0, 0.1) is 0 Å². The molecule has 0 saturated carbocycles. The van der Waals surface area contributed by atoms with Gasteiger partial charge in [0.2, 0.25) is 5.91 Å². The molecule has 1 unspecified atom stereocenters. The first-order valence-corrected chi connectivity index (χ1v) is 8.26. The number of nitrogens with zero attached hydrogens (tertiary/aromatic N) is 2. The molecule has 0 radical (unpaired) electrons. The fourth-order valence-corrected chi connectivity index (χ4v) is 2.97. The van der Waals surface area contributed by atoms with Crippen molar-refractivity contribution in [2.24, 2.45) is 0 Å². The molecule has 1 aromatic carbocycles. The third-order valence-corrected chi connectivity index (χ3v) is 4.36. The molecule has 0 spiro atoms. The van der Waals surface area contributed by atoms with Crippen LogP contribution in [0.25, 0.3) is 0 Å². The highest BCUT2D eigenvalue weighted by atomic mass is 35.5. The van der Waals surface area contributed by atoms with Crippen molar-refractivity contribution in [1.29, 1.82) is 0 Å². The van der Waals surface area contributed by atoms with E-state index in [1.807, 2.05) is 12.1 Å². The number of carbonyl (C=O) groups is 2. The Morgan fingerprint density at radius 3 is 2.75 bits per heavy atom. The van der Waals surface area contributed by atoms with E-state index in [0.29, 0.717) is 30.1 Å². The Balaban J connectivity index is 1.63. The highest BCUT2D eigenvalue weighted by molar-refractivity contribution is 6.30. The van der Waals surface area contributed by atoms with Gasteiger partial charge in [-0.15, -0.1) is 0 Å². The van der Waals surface area contributed by atoms with Gasteiger partial charge in [0.15, 0.2) is 0 Å². The van der Waals surface area contributed by atoms with E-state index in [4.69, 9.17) is 11.6 Å². The summed E-state index contributed by atoms with van der Waals surface area (Å²) >= 11 is 5.85. The van der Waals surface area contributed by atoms with E-state index in [9.17, 15) is 9.59 Å². The topological polar surface area (TPSA) is 62.3 Å². The molecule has 1 fully saturated rings. The monoisotopic (exact) mass is 343 g/mol. The zero-order valence-electron chi connectivity index (χ0n) is 13.1. The maximum absolute atomic E-state index is 12.6. The van der Waals surface area contributed by atoms with Crippen LogP contribution in [0.2, 0.25) is 5.02 Å². The van der Waals surface area contributed by atoms with Gasteiger partial charge in [0, 0.05) is 30.5 Å². The summed E-state index contributed by atoms with van der Waals surface area (Å²) in [5.41, 5.74) is 1.48. The number of halogens is 1. The second-order valence-corrected chi connectivity index (χ2v) is 6.18. The Labute approximate surface area is 145 Å². The van der Waals surface area contributed by atoms with Gasteiger partial charge in [-0.1, -0.05) is 23.7 Å². The van der Waals surface area contributed by atoms with Crippen molar-refractivity contribution in [3.8, 4) is 0 Å². The van der Waals surface area contributed by atoms with Gasteiger partial charge < -0.3 is 10.2 Å². The number of pyridine rings is 1. The summed E-state index contributed by atoms with van der Waals surface area (Å²) in [6.07, 6.45) is 4.66. The predicted molar refractivity (Wildman–Crippen MR) is 91.6 cm³/mol. The zero-order valence-corrected chi connectivity index (χ0v) is 13.9. The van der Waals surface area contributed by atoms with E-state index >= 15 is 0 Å². The second-order valence-electron chi connectivity index (χ2n) is 5.74. The number of aromatic nitrogens is 1. The van der Waals surface area contributed by atoms with Gasteiger partial charge in [-0.05, 0) is 42.7 Å². The SMILES string of the molecule is O=C(NCc1ccc(Cl)cc1)C1CCCN1C(=O)c1cccnc1. The molecule has 1 aliphatic heterocycles. The summed E-state index contributed by atoms with van der Waals surface area (Å²) in [6, 6.07) is 10.3. The van der Waals surface area contributed by atoms with E-state index in [0.717, 1.165) is 12.0 Å². The van der Waals surface area contributed by atoms with Crippen LogP contribution < -0.4 is 5.32 Å². The molecule has 124 valence electrons. The quantitative estimate of drug-likeness (QED) is 0.928. The lowest BCUT2D eigenvalue weighted by Crippen LogP contribution is -2.45. The largest absolute Gasteiger partial charge is 0.350 e. The average Bonchev–Trinajstić information content (AvgIpc) is 3.11. The smallest absolute Gasteiger partial charge is 0.256 e. The van der Waals surface area contributed by atoms with Crippen molar-refractivity contribution in [2.45, 2.75) is 25.4 Å². The second kappa shape index (κ2) is 7.45. The Kier molecular flexibility index (Phi) is 5.11. The molecular formula is C18H18ClN3O2. The molecule has 2 amide bonds. The van der Waals surface area contributed by atoms with E-state index in [-0.39, 0.29) is 11.8 Å². The number of hydrogen-bond acceptors (Lipinski definition) is 3. The molecule has 0 bridgehead atoms. The summed E-state index contributed by atoms with van der Waals surface area (Å²) in [5.74, 6) is -0.271. The van der Waals surface area contributed by atoms with Gasteiger partial charge in [-0.3, -0.25) is 14.6 Å². The van der Waals surface area contributed by atoms with E-state index in [1.54, 1.807) is 35.4 Å². The highest BCUT2D eigenvalue weighted by Gasteiger charge is 2.34. The molecule has 0 aliphatic carbocycles. The lowest BCUT2D eigenvalue weighted by atomic mass is 10.1. The van der Waals surface area contributed by atoms with Crippen LogP contribution in [-0.2, 0) is 11.3 Å². The number of likely N-dealkylation sites (tertiary alicyclic amines) is 1. The van der Waals surface area contributed by atoms with E-state index in [2.05, 4.69) is 10.3 Å². The molecule has 2 aromatic rings. The van der Waals surface area contributed by atoms with Gasteiger partial charge in [0.1, 0.15) is 6.04 Å². The van der Waals surface area contributed by atoms with E-state index in [1.165, 1.54) is 6.20 Å². The Morgan fingerprint density at radius 2 is 2.04 bits per heavy atom. The Hall–Kier alpha value is -2.40. The van der Waals surface area contributed by atoms with Crippen LogP contribution in [0.5, 0.6) is 0 Å². The van der Waals surface area contributed by atoms with Gasteiger partial charge in [-0.25, -0.2) is 0 Å². The van der Waals surface area contributed by atoms with Gasteiger partial charge in [0.25, 0.3) is 5.91 Å². The minimum absolute atomic E-state index is 0.125. The van der Waals surface area contributed by atoms with E-state index < -0.39 is 6.04 Å². The summed E-state index contributed by atoms with van der Waals surface area (Å²) < 4.78 is 0. The fourth-order valence-electron chi connectivity index (χ4n) is 2.85. The highest BCUT2D eigenvalue weighted by Crippen LogP contribution is 2.20. The molecular weight excluding hydrogens is 326 g/mol. The number of rotatable bonds is 4. The van der Waals surface area contributed by atoms with Gasteiger partial charge >= 0.3 is 0 Å². The predicted octanol–water partition coefficient (Wildman–Crippen LogP) is 2.66. The molecule has 1 saturated heterocycles. The summed E-state index contributed by atoms with van der Waals surface area (Å²) in [7, 11) is 0. The Bertz CT molecular complexity index is 719. The van der Waals surface area contributed by atoms with Crippen LogP contribution in [-0.4, -0.2) is 34.3 Å². The Morgan fingerprint density at radius 1 is 1.25 bits per heavy atom. The summed E-state index contributed by atoms with van der Waals surface area (Å²) in [4.78, 5) is 30.7. The van der Waals surface area contributed by atoms with Crippen LogP contribution in [0.4, 0.5) is 0 Å². The number of amides is 2. The molecule has 1 aromatic heterocycles. The molecule has 1 atom stereocenters. The van der Waals surface area contributed by atoms with Crippen molar-refractivity contribution in [3.05, 3.63) is 64.9 Å². The molecule has 1 aliphatic rings. The van der Waals surface area contributed by atoms with Crippen molar-refractivity contribution in [2.75, 3.05) is 6.54 Å². The zero-order chi connectivity index (χ0) is 16.9. The fraction of sp³-hybridized carbons (Fsp3) is 0.278. The van der Waals surface area contributed by atoms with Crippen LogP contribution in [0.15, 0.2) is 48.8 Å². The lowest BCUT2D eigenvalue weighted by Gasteiger charge is -2.24. The average molecular weight is 344 g/mol. The van der Waals surface area contributed by atoms with Gasteiger partial charge in [0.05, 0.1) is 5.56 Å². The van der Waals surface area contributed by atoms with Crippen molar-refractivity contribution < 1.29 is 9.59 Å². The minimum Gasteiger partial charge on any atom is -0.350 e.